The van der Waals surface area contributed by atoms with Gasteiger partial charge in [0.2, 0.25) is 0 Å². The highest BCUT2D eigenvalue weighted by atomic mass is 16.6. The number of unbranched alkanes of at least 4 members (excludes halogenated alkanes) is 14. The lowest BCUT2D eigenvalue weighted by Crippen LogP contribution is -2.53. The van der Waals surface area contributed by atoms with Gasteiger partial charge < -0.3 is 9.84 Å². The van der Waals surface area contributed by atoms with Crippen LogP contribution in [0, 0.1) is 0 Å². The van der Waals surface area contributed by atoms with Crippen molar-refractivity contribution in [1.82, 2.24) is 4.90 Å². The number of amides is 1. The second-order valence-electron chi connectivity index (χ2n) is 12.6. The number of hydrogen-bond acceptors (Lipinski definition) is 3. The van der Waals surface area contributed by atoms with Crippen molar-refractivity contribution in [3.05, 3.63) is 35.9 Å². The number of carboxylic acids is 1. The van der Waals surface area contributed by atoms with Crippen LogP contribution in [0.2, 0.25) is 0 Å². The van der Waals surface area contributed by atoms with E-state index in [1.807, 2.05) is 51.1 Å². The number of carbonyl (C=O) groups excluding carboxylic acids is 1. The minimum absolute atomic E-state index is 0.139. The van der Waals surface area contributed by atoms with Crippen LogP contribution in [0.25, 0.3) is 0 Å². The van der Waals surface area contributed by atoms with Crippen LogP contribution in [0.5, 0.6) is 0 Å². The van der Waals surface area contributed by atoms with Crippen molar-refractivity contribution in [2.45, 2.75) is 174 Å². The molecule has 0 spiro atoms. The van der Waals surface area contributed by atoms with E-state index in [0.717, 1.165) is 44.1 Å². The molecule has 40 heavy (non-hydrogen) atoms. The average Bonchev–Trinajstić information content (AvgIpc) is 2.90. The molecule has 5 heteroatoms. The molecule has 0 aromatic heterocycles. The molecule has 1 aromatic rings. The summed E-state index contributed by atoms with van der Waals surface area (Å²) in [7, 11) is 0. The highest BCUT2D eigenvalue weighted by Crippen LogP contribution is 2.25. The van der Waals surface area contributed by atoms with Gasteiger partial charge in [0.05, 0.1) is 0 Å². The smallest absolute Gasteiger partial charge is 0.411 e. The van der Waals surface area contributed by atoms with Crippen LogP contribution >= 0.6 is 0 Å². The van der Waals surface area contributed by atoms with Gasteiger partial charge >= 0.3 is 12.1 Å². The highest BCUT2D eigenvalue weighted by molar-refractivity contribution is 5.80. The van der Waals surface area contributed by atoms with E-state index in [0.29, 0.717) is 0 Å². The lowest BCUT2D eigenvalue weighted by atomic mass is 9.95. The fourth-order valence-electron chi connectivity index (χ4n) is 5.44. The van der Waals surface area contributed by atoms with Gasteiger partial charge in [-0.2, -0.15) is 0 Å². The largest absolute Gasteiger partial charge is 0.480 e. The predicted octanol–water partition coefficient (Wildman–Crippen LogP) is 10.3. The number of aliphatic carboxylic acids is 1. The molecule has 0 aliphatic heterocycles. The Morgan fingerprint density at radius 2 is 1.15 bits per heavy atom. The summed E-state index contributed by atoms with van der Waals surface area (Å²) in [6.07, 6.45) is 20.9. The maximum Gasteiger partial charge on any atom is 0.411 e. The number of nitrogens with zero attached hydrogens (tertiary/aromatic N) is 1. The Balaban J connectivity index is 3.00. The van der Waals surface area contributed by atoms with Crippen LogP contribution < -0.4 is 0 Å². The van der Waals surface area contributed by atoms with Crippen LogP contribution in [0.4, 0.5) is 4.79 Å². The second kappa shape index (κ2) is 21.7. The topological polar surface area (TPSA) is 66.8 Å². The summed E-state index contributed by atoms with van der Waals surface area (Å²) in [5.41, 5.74) is 0.230. The summed E-state index contributed by atoms with van der Waals surface area (Å²) in [5, 5.41) is 10.4. The first kappa shape index (κ1) is 36.0. The van der Waals surface area contributed by atoms with Gasteiger partial charge in [-0.15, -0.1) is 0 Å². The van der Waals surface area contributed by atoms with E-state index in [2.05, 4.69) is 13.8 Å². The maximum atomic E-state index is 13.6. The van der Waals surface area contributed by atoms with Crippen LogP contribution in [0.1, 0.15) is 156 Å². The summed E-state index contributed by atoms with van der Waals surface area (Å²) in [6.45, 7) is 10.0. The number of hydrogen-bond donors (Lipinski definition) is 1. The molecule has 1 aromatic carbocycles. The van der Waals surface area contributed by atoms with E-state index >= 15 is 0 Å². The van der Waals surface area contributed by atoms with Gasteiger partial charge in [0.15, 0.2) is 0 Å². The molecule has 1 rings (SSSR count). The lowest BCUT2D eigenvalue weighted by molar-refractivity contribution is -0.144. The van der Waals surface area contributed by atoms with Gasteiger partial charge in [0, 0.05) is 12.5 Å². The normalized spacial score (nSPS) is 12.4. The van der Waals surface area contributed by atoms with Gasteiger partial charge in [-0.1, -0.05) is 147 Å². The fourth-order valence-corrected chi connectivity index (χ4v) is 5.44. The lowest BCUT2D eigenvalue weighted by Gasteiger charge is -2.37. The first-order valence-corrected chi connectivity index (χ1v) is 16.5. The third-order valence-electron chi connectivity index (χ3n) is 7.67. The molecule has 0 heterocycles. The molecule has 5 nitrogen and oxygen atoms in total. The van der Waals surface area contributed by atoms with E-state index in [1.54, 1.807) is 4.90 Å². The highest BCUT2D eigenvalue weighted by Gasteiger charge is 2.37. The third-order valence-corrected chi connectivity index (χ3v) is 7.67. The molecule has 0 aliphatic rings. The Morgan fingerprint density at radius 1 is 0.725 bits per heavy atom. The minimum Gasteiger partial charge on any atom is -0.480 e. The van der Waals surface area contributed by atoms with Crippen molar-refractivity contribution in [2.24, 2.45) is 0 Å². The summed E-state index contributed by atoms with van der Waals surface area (Å²) in [6, 6.07) is 8.56. The molecular weight excluding hydrogens is 498 g/mol. The van der Waals surface area contributed by atoms with Crippen molar-refractivity contribution in [3.63, 3.8) is 0 Å². The van der Waals surface area contributed by atoms with Crippen molar-refractivity contribution < 1.29 is 19.4 Å². The maximum absolute atomic E-state index is 13.6. The zero-order valence-electron chi connectivity index (χ0n) is 26.6. The molecule has 1 N–H and O–H groups in total. The molecule has 0 aliphatic carbocycles. The van der Waals surface area contributed by atoms with E-state index in [1.165, 1.54) is 77.0 Å². The summed E-state index contributed by atoms with van der Waals surface area (Å²) in [4.78, 5) is 27.9. The SMILES string of the molecule is CCCCCCCCCCC(CCCCCCCCCC)N(C(=O)OC(C)(C)C)C(Cc1ccccc1)C(=O)O. The number of carboxylic acid groups (broad SMARTS) is 1. The molecule has 1 amide bonds. The van der Waals surface area contributed by atoms with Crippen molar-refractivity contribution in [2.75, 3.05) is 0 Å². The molecule has 0 radical (unpaired) electrons. The molecule has 0 saturated heterocycles. The zero-order chi connectivity index (χ0) is 29.6. The molecule has 0 fully saturated rings. The quantitative estimate of drug-likeness (QED) is 0.135. The molecule has 0 bridgehead atoms. The third kappa shape index (κ3) is 16.9. The van der Waals surface area contributed by atoms with E-state index in [-0.39, 0.29) is 12.5 Å². The average molecular weight is 560 g/mol. The summed E-state index contributed by atoms with van der Waals surface area (Å²) < 4.78 is 5.84. The van der Waals surface area contributed by atoms with Crippen molar-refractivity contribution in [3.8, 4) is 0 Å². The Kier molecular flexibility index (Phi) is 19.5. The second-order valence-corrected chi connectivity index (χ2v) is 12.6. The Hall–Kier alpha value is -2.04. The number of benzene rings is 1. The Morgan fingerprint density at radius 3 is 1.55 bits per heavy atom. The first-order valence-electron chi connectivity index (χ1n) is 16.5. The van der Waals surface area contributed by atoms with Crippen molar-refractivity contribution in [1.29, 1.82) is 0 Å². The monoisotopic (exact) mass is 559 g/mol. The first-order chi connectivity index (χ1) is 19.2. The Labute approximate surface area is 246 Å². The predicted molar refractivity (Wildman–Crippen MR) is 168 cm³/mol. The molecule has 1 atom stereocenters. The van der Waals surface area contributed by atoms with Gasteiger partial charge in [-0.3, -0.25) is 4.90 Å². The van der Waals surface area contributed by atoms with Gasteiger partial charge in [0.25, 0.3) is 0 Å². The van der Waals surface area contributed by atoms with E-state index in [9.17, 15) is 14.7 Å². The molecule has 0 saturated carbocycles. The van der Waals surface area contributed by atoms with E-state index < -0.39 is 23.7 Å². The van der Waals surface area contributed by atoms with Crippen molar-refractivity contribution >= 4 is 12.1 Å². The van der Waals surface area contributed by atoms with Gasteiger partial charge in [0.1, 0.15) is 11.6 Å². The number of ether oxygens (including phenoxy) is 1. The van der Waals surface area contributed by atoms with Gasteiger partial charge in [-0.05, 0) is 39.2 Å². The number of carbonyl (C=O) groups is 2. The van der Waals surface area contributed by atoms with Crippen LogP contribution in [-0.4, -0.2) is 39.8 Å². The molecule has 1 unspecified atom stereocenters. The summed E-state index contributed by atoms with van der Waals surface area (Å²) in [5.74, 6) is -0.966. The van der Waals surface area contributed by atoms with Gasteiger partial charge in [-0.25, -0.2) is 9.59 Å². The van der Waals surface area contributed by atoms with Crippen LogP contribution in [0.15, 0.2) is 30.3 Å². The van der Waals surface area contributed by atoms with Crippen LogP contribution in [0.3, 0.4) is 0 Å². The minimum atomic E-state index is -0.966. The fraction of sp³-hybridized carbons (Fsp3) is 0.771. The van der Waals surface area contributed by atoms with E-state index in [4.69, 9.17) is 4.74 Å². The Bertz CT molecular complexity index is 753. The zero-order valence-corrected chi connectivity index (χ0v) is 26.6. The molecule has 230 valence electrons. The number of rotatable bonds is 23. The van der Waals surface area contributed by atoms with Crippen LogP contribution in [-0.2, 0) is 16.0 Å². The summed E-state index contributed by atoms with van der Waals surface area (Å²) >= 11 is 0. The standard InChI is InChI=1S/C35H61NO4/c1-6-8-10-12-14-16-18-23-27-31(28-24-19-17-15-13-11-9-7-2)36(34(39)40-35(3,4)5)32(33(37)38)29-30-25-21-20-22-26-30/h20-22,25-26,31-32H,6-19,23-24,27-29H2,1-5H3,(H,37,38). The molecular formula is C35H61NO4.